The zero-order valence-electron chi connectivity index (χ0n) is 13.0. The summed E-state index contributed by atoms with van der Waals surface area (Å²) in [5.74, 6) is -3.74. The second-order valence-corrected chi connectivity index (χ2v) is 5.73. The highest BCUT2D eigenvalue weighted by molar-refractivity contribution is 7.98. The Kier molecular flexibility index (Phi) is 6.03. The van der Waals surface area contributed by atoms with Gasteiger partial charge in [-0.2, -0.15) is 13.2 Å². The molecule has 0 atom stereocenters. The highest BCUT2D eigenvalue weighted by Gasteiger charge is 2.38. The van der Waals surface area contributed by atoms with Crippen molar-refractivity contribution >= 4 is 23.5 Å². The quantitative estimate of drug-likeness (QED) is 0.248. The molecule has 0 aliphatic carbocycles. The number of halogens is 3. The molecule has 0 aromatic heterocycles. The van der Waals surface area contributed by atoms with Gasteiger partial charge >= 0.3 is 12.1 Å². The number of hydrogen-bond donors (Lipinski definition) is 0. The van der Waals surface area contributed by atoms with Gasteiger partial charge in [0.2, 0.25) is 5.76 Å². The second-order valence-electron chi connectivity index (χ2n) is 4.85. The van der Waals surface area contributed by atoms with Crippen LogP contribution in [0.4, 0.5) is 13.2 Å². The number of carbonyl (C=O) groups is 2. The molecule has 0 bridgehead atoms. The molecule has 0 fully saturated rings. The first-order valence-corrected chi connectivity index (χ1v) is 8.28. The molecule has 0 saturated carbocycles. The first kappa shape index (κ1) is 18.8. The Hall–Kier alpha value is -2.54. The van der Waals surface area contributed by atoms with Crippen LogP contribution in [0.15, 0.2) is 71.3 Å². The van der Waals surface area contributed by atoms with Gasteiger partial charge in [0.15, 0.2) is 5.78 Å². The Morgan fingerprint density at radius 2 is 1.56 bits per heavy atom. The number of ether oxygens (including phenoxy) is 1. The largest absolute Gasteiger partial charge is 0.449 e. The third-order valence-corrected chi connectivity index (χ3v) is 3.87. The lowest BCUT2D eigenvalue weighted by Gasteiger charge is -2.12. The van der Waals surface area contributed by atoms with Gasteiger partial charge in [0.25, 0.3) is 0 Å². The molecule has 3 nitrogen and oxygen atoms in total. The smallest absolute Gasteiger partial charge is 0.418 e. The van der Waals surface area contributed by atoms with E-state index >= 15 is 0 Å². The number of rotatable bonds is 5. The number of esters is 1. The zero-order valence-corrected chi connectivity index (χ0v) is 13.9. The summed E-state index contributed by atoms with van der Waals surface area (Å²) >= 11 is 1.43. The topological polar surface area (TPSA) is 43.4 Å². The molecule has 7 heteroatoms. The molecule has 0 spiro atoms. The van der Waals surface area contributed by atoms with Crippen LogP contribution < -0.4 is 0 Å². The van der Waals surface area contributed by atoms with E-state index in [2.05, 4.69) is 4.74 Å². The van der Waals surface area contributed by atoms with Gasteiger partial charge in [-0.05, 0) is 30.5 Å². The van der Waals surface area contributed by atoms with Crippen LogP contribution >= 0.6 is 11.8 Å². The monoisotopic (exact) mass is 366 g/mol. The summed E-state index contributed by atoms with van der Waals surface area (Å²) in [6.45, 7) is 0. The highest BCUT2D eigenvalue weighted by Crippen LogP contribution is 2.28. The van der Waals surface area contributed by atoms with E-state index in [0.717, 1.165) is 4.90 Å². The summed E-state index contributed by atoms with van der Waals surface area (Å²) in [5, 5.41) is 0. The Labute approximate surface area is 146 Å². The maximum atomic E-state index is 13.1. The van der Waals surface area contributed by atoms with E-state index < -0.39 is 23.7 Å². The van der Waals surface area contributed by atoms with Gasteiger partial charge in [-0.25, -0.2) is 4.79 Å². The van der Waals surface area contributed by atoms with Crippen LogP contribution in [-0.2, 0) is 4.74 Å². The highest BCUT2D eigenvalue weighted by atomic mass is 32.2. The van der Waals surface area contributed by atoms with Crippen molar-refractivity contribution in [2.75, 3.05) is 6.26 Å². The normalized spacial score (nSPS) is 11.9. The number of ketones is 1. The standard InChI is InChI=1S/C18H13F3O3S/c1-25-14-9-7-13(8-10-14)17(23)24-16(18(19,20)21)11-15(22)12-5-3-2-4-6-12/h2-11H,1H3. The molecular formula is C18H13F3O3S. The van der Waals surface area contributed by atoms with Crippen molar-refractivity contribution in [2.45, 2.75) is 11.1 Å². The average molecular weight is 366 g/mol. The summed E-state index contributed by atoms with van der Waals surface area (Å²) in [7, 11) is 0. The Morgan fingerprint density at radius 1 is 0.960 bits per heavy atom. The maximum absolute atomic E-state index is 13.1. The molecule has 2 rings (SSSR count). The number of thioether (sulfide) groups is 1. The lowest BCUT2D eigenvalue weighted by molar-refractivity contribution is -0.122. The molecule has 130 valence electrons. The van der Waals surface area contributed by atoms with Crippen LogP contribution in [-0.4, -0.2) is 24.2 Å². The van der Waals surface area contributed by atoms with Crippen LogP contribution in [0.1, 0.15) is 20.7 Å². The molecule has 2 aromatic carbocycles. The number of benzene rings is 2. The minimum Gasteiger partial charge on any atom is -0.418 e. The summed E-state index contributed by atoms with van der Waals surface area (Å²) in [6, 6.07) is 13.3. The molecule has 0 unspecified atom stereocenters. The zero-order chi connectivity index (χ0) is 18.4. The summed E-state index contributed by atoms with van der Waals surface area (Å²) < 4.78 is 43.7. The molecule has 0 amide bonds. The predicted molar refractivity (Wildman–Crippen MR) is 88.5 cm³/mol. The Morgan fingerprint density at radius 3 is 2.08 bits per heavy atom. The van der Waals surface area contributed by atoms with Crippen molar-refractivity contribution in [3.05, 3.63) is 77.6 Å². The minimum absolute atomic E-state index is 0.0416. The molecule has 0 aliphatic heterocycles. The number of allylic oxidation sites excluding steroid dienone is 2. The van der Waals surface area contributed by atoms with E-state index in [4.69, 9.17) is 0 Å². The molecule has 0 radical (unpaired) electrons. The van der Waals surface area contributed by atoms with Crippen molar-refractivity contribution in [1.82, 2.24) is 0 Å². The Balaban J connectivity index is 2.24. The summed E-state index contributed by atoms with van der Waals surface area (Å²) in [5.41, 5.74) is 0.0183. The van der Waals surface area contributed by atoms with Crippen LogP contribution in [0.25, 0.3) is 0 Å². The van der Waals surface area contributed by atoms with Crippen molar-refractivity contribution in [1.29, 1.82) is 0 Å². The molecule has 0 aliphatic rings. The molecule has 2 aromatic rings. The summed E-state index contributed by atoms with van der Waals surface area (Å²) in [6.07, 6.45) is -2.87. The van der Waals surface area contributed by atoms with Crippen LogP contribution in [0.2, 0.25) is 0 Å². The Bertz CT molecular complexity index is 781. The molecular weight excluding hydrogens is 353 g/mol. The van der Waals surface area contributed by atoms with Gasteiger partial charge in [0.05, 0.1) is 5.56 Å². The lowest BCUT2D eigenvalue weighted by atomic mass is 10.1. The van der Waals surface area contributed by atoms with Gasteiger partial charge in [0, 0.05) is 16.5 Å². The first-order valence-electron chi connectivity index (χ1n) is 7.06. The van der Waals surface area contributed by atoms with Gasteiger partial charge in [0.1, 0.15) is 0 Å². The van der Waals surface area contributed by atoms with Gasteiger partial charge < -0.3 is 4.74 Å². The van der Waals surface area contributed by atoms with E-state index in [-0.39, 0.29) is 17.2 Å². The average Bonchev–Trinajstić information content (AvgIpc) is 2.61. The predicted octanol–water partition coefficient (Wildman–Crippen LogP) is 4.89. The molecule has 0 heterocycles. The van der Waals surface area contributed by atoms with E-state index in [1.54, 1.807) is 18.2 Å². The fourth-order valence-electron chi connectivity index (χ4n) is 1.86. The minimum atomic E-state index is -4.97. The lowest BCUT2D eigenvalue weighted by Crippen LogP contribution is -2.20. The fraction of sp³-hybridized carbons (Fsp3) is 0.111. The summed E-state index contributed by atoms with van der Waals surface area (Å²) in [4.78, 5) is 24.7. The second kappa shape index (κ2) is 8.02. The van der Waals surface area contributed by atoms with E-state index in [9.17, 15) is 22.8 Å². The third-order valence-electron chi connectivity index (χ3n) is 3.13. The fourth-order valence-corrected chi connectivity index (χ4v) is 2.27. The van der Waals surface area contributed by atoms with E-state index in [0.29, 0.717) is 0 Å². The number of hydrogen-bond acceptors (Lipinski definition) is 4. The first-order chi connectivity index (χ1) is 11.8. The van der Waals surface area contributed by atoms with Crippen LogP contribution in [0.3, 0.4) is 0 Å². The van der Waals surface area contributed by atoms with Gasteiger partial charge in [-0.3, -0.25) is 4.79 Å². The van der Waals surface area contributed by atoms with E-state index in [1.165, 1.54) is 48.2 Å². The number of alkyl halides is 3. The van der Waals surface area contributed by atoms with Crippen molar-refractivity contribution in [2.24, 2.45) is 0 Å². The van der Waals surface area contributed by atoms with Gasteiger partial charge in [-0.1, -0.05) is 30.3 Å². The van der Waals surface area contributed by atoms with Crippen LogP contribution in [0.5, 0.6) is 0 Å². The maximum Gasteiger partial charge on any atom is 0.449 e. The van der Waals surface area contributed by atoms with Gasteiger partial charge in [-0.15, -0.1) is 11.8 Å². The molecule has 0 saturated heterocycles. The van der Waals surface area contributed by atoms with Crippen LogP contribution in [0, 0.1) is 0 Å². The third kappa shape index (κ3) is 5.22. The van der Waals surface area contributed by atoms with Crippen molar-refractivity contribution < 1.29 is 27.5 Å². The van der Waals surface area contributed by atoms with E-state index in [1.807, 2.05) is 6.26 Å². The molecule has 0 N–H and O–H groups in total. The van der Waals surface area contributed by atoms with Crippen molar-refractivity contribution in [3.8, 4) is 0 Å². The SMILES string of the molecule is CSc1ccc(C(=O)OC(=CC(=O)c2ccccc2)C(F)(F)F)cc1. The molecule has 25 heavy (non-hydrogen) atoms. The number of carbonyl (C=O) groups excluding carboxylic acids is 2. The van der Waals surface area contributed by atoms with Crippen molar-refractivity contribution in [3.63, 3.8) is 0 Å².